The first kappa shape index (κ1) is 23.8. The largest absolute Gasteiger partial charge is 0.344 e. The van der Waals surface area contributed by atoms with Crippen LogP contribution in [0.25, 0.3) is 0 Å². The number of rotatable bonds is 8. The fourth-order valence-corrected chi connectivity index (χ4v) is 3.96. The number of nitrogens with zero attached hydrogens (tertiary/aromatic N) is 2. The minimum Gasteiger partial charge on any atom is -0.344 e. The molecule has 0 bridgehead atoms. The van der Waals surface area contributed by atoms with Gasteiger partial charge in [0.05, 0.1) is 0 Å². The number of halogens is 1. The third-order valence-corrected chi connectivity index (χ3v) is 5.62. The minimum atomic E-state index is -0.581. The van der Waals surface area contributed by atoms with E-state index in [4.69, 9.17) is 0 Å². The molecule has 0 saturated carbocycles. The second-order valence-electron chi connectivity index (χ2n) is 8.29. The zero-order valence-corrected chi connectivity index (χ0v) is 18.5. The van der Waals surface area contributed by atoms with E-state index in [9.17, 15) is 18.8 Å². The van der Waals surface area contributed by atoms with Crippen molar-refractivity contribution in [3.05, 3.63) is 35.6 Å². The number of amides is 3. The predicted molar refractivity (Wildman–Crippen MR) is 114 cm³/mol. The van der Waals surface area contributed by atoms with Crippen LogP contribution in [-0.4, -0.2) is 59.7 Å². The monoisotopic (exact) mass is 419 g/mol. The van der Waals surface area contributed by atoms with Crippen LogP contribution in [0.15, 0.2) is 24.3 Å². The third kappa shape index (κ3) is 6.28. The lowest BCUT2D eigenvalue weighted by Crippen LogP contribution is -2.54. The van der Waals surface area contributed by atoms with E-state index in [1.807, 2.05) is 27.7 Å². The van der Waals surface area contributed by atoms with Gasteiger partial charge in [-0.05, 0) is 56.7 Å². The molecule has 7 heteroatoms. The van der Waals surface area contributed by atoms with Gasteiger partial charge in [0, 0.05) is 38.2 Å². The van der Waals surface area contributed by atoms with E-state index in [1.54, 1.807) is 15.9 Å². The lowest BCUT2D eigenvalue weighted by Gasteiger charge is -2.37. The Morgan fingerprint density at radius 3 is 2.33 bits per heavy atom. The summed E-state index contributed by atoms with van der Waals surface area (Å²) in [7, 11) is 0. The topological polar surface area (TPSA) is 69.7 Å². The molecule has 1 unspecified atom stereocenters. The smallest absolute Gasteiger partial charge is 0.253 e. The van der Waals surface area contributed by atoms with Crippen molar-refractivity contribution < 1.29 is 18.8 Å². The molecule has 30 heavy (non-hydrogen) atoms. The maximum atomic E-state index is 13.5. The van der Waals surface area contributed by atoms with Gasteiger partial charge >= 0.3 is 0 Å². The molecular weight excluding hydrogens is 385 g/mol. The van der Waals surface area contributed by atoms with Crippen LogP contribution in [0.4, 0.5) is 4.39 Å². The van der Waals surface area contributed by atoms with Gasteiger partial charge in [0.1, 0.15) is 11.9 Å². The molecule has 1 saturated heterocycles. The van der Waals surface area contributed by atoms with Crippen LogP contribution in [0.2, 0.25) is 0 Å². The number of benzene rings is 1. The fraction of sp³-hybridized carbons (Fsp3) is 0.609. The molecule has 1 aliphatic heterocycles. The van der Waals surface area contributed by atoms with Crippen LogP contribution in [-0.2, 0) is 9.59 Å². The number of hydrogen-bond donors (Lipinski definition) is 1. The number of nitrogens with one attached hydrogen (secondary N) is 1. The van der Waals surface area contributed by atoms with Crippen molar-refractivity contribution >= 4 is 17.7 Å². The van der Waals surface area contributed by atoms with Crippen molar-refractivity contribution in [3.8, 4) is 0 Å². The molecule has 0 aliphatic carbocycles. The van der Waals surface area contributed by atoms with Crippen LogP contribution >= 0.6 is 0 Å². The highest BCUT2D eigenvalue weighted by molar-refractivity contribution is 5.94. The lowest BCUT2D eigenvalue weighted by atomic mass is 9.87. The highest BCUT2D eigenvalue weighted by atomic mass is 19.1. The number of piperidine rings is 1. The summed E-state index contributed by atoms with van der Waals surface area (Å²) in [5, 5.41) is 2.97. The maximum absolute atomic E-state index is 13.5. The fourth-order valence-electron chi connectivity index (χ4n) is 3.96. The van der Waals surface area contributed by atoms with Crippen molar-refractivity contribution in [3.63, 3.8) is 0 Å². The molecule has 1 fully saturated rings. The molecule has 0 spiro atoms. The number of likely N-dealkylation sites (N-methyl/N-ethyl adjacent to an activating group) is 1. The van der Waals surface area contributed by atoms with Gasteiger partial charge < -0.3 is 15.1 Å². The van der Waals surface area contributed by atoms with Crippen LogP contribution in [0.5, 0.6) is 0 Å². The van der Waals surface area contributed by atoms with Crippen molar-refractivity contribution in [2.75, 3.05) is 26.2 Å². The summed E-state index contributed by atoms with van der Waals surface area (Å²) in [4.78, 5) is 41.6. The van der Waals surface area contributed by atoms with Gasteiger partial charge in [0.2, 0.25) is 11.8 Å². The Balaban J connectivity index is 2.08. The minimum absolute atomic E-state index is 0.0363. The van der Waals surface area contributed by atoms with Crippen LogP contribution in [0.1, 0.15) is 57.3 Å². The van der Waals surface area contributed by atoms with Crippen LogP contribution in [0, 0.1) is 17.7 Å². The summed E-state index contributed by atoms with van der Waals surface area (Å²) in [5.41, 5.74) is 0.328. The lowest BCUT2D eigenvalue weighted by molar-refractivity contribution is -0.138. The number of carbonyl (C=O) groups excluding carboxylic acids is 3. The Morgan fingerprint density at radius 2 is 1.80 bits per heavy atom. The predicted octanol–water partition coefficient (Wildman–Crippen LogP) is 3.08. The first-order valence-corrected chi connectivity index (χ1v) is 10.9. The first-order valence-electron chi connectivity index (χ1n) is 10.9. The molecule has 6 nitrogen and oxygen atoms in total. The zero-order valence-electron chi connectivity index (χ0n) is 18.5. The SMILES string of the molecule is CCN(CC)C(=O)C(NC(=O)CC(C)C)C1CCN(C(=O)c2cccc(F)c2)CC1. The molecule has 1 N–H and O–H groups in total. The second kappa shape index (κ2) is 11.1. The molecule has 1 heterocycles. The van der Waals surface area contributed by atoms with Gasteiger partial charge in [-0.15, -0.1) is 0 Å². The summed E-state index contributed by atoms with van der Waals surface area (Å²) in [6, 6.07) is 5.11. The molecule has 166 valence electrons. The average Bonchev–Trinajstić information content (AvgIpc) is 2.72. The Labute approximate surface area is 178 Å². The van der Waals surface area contributed by atoms with Gasteiger partial charge in [-0.25, -0.2) is 4.39 Å². The van der Waals surface area contributed by atoms with E-state index >= 15 is 0 Å². The van der Waals surface area contributed by atoms with E-state index < -0.39 is 11.9 Å². The normalized spacial score (nSPS) is 15.7. The summed E-state index contributed by atoms with van der Waals surface area (Å²) < 4.78 is 13.5. The van der Waals surface area contributed by atoms with Crippen molar-refractivity contribution in [1.82, 2.24) is 15.1 Å². The summed E-state index contributed by atoms with van der Waals surface area (Å²) in [6.07, 6.45) is 1.60. The molecule has 0 radical (unpaired) electrons. The quantitative estimate of drug-likeness (QED) is 0.704. The summed E-state index contributed by atoms with van der Waals surface area (Å²) in [6.45, 7) is 9.91. The van der Waals surface area contributed by atoms with E-state index in [1.165, 1.54) is 18.2 Å². The van der Waals surface area contributed by atoms with Crippen molar-refractivity contribution in [2.24, 2.45) is 11.8 Å². The van der Waals surface area contributed by atoms with Gasteiger partial charge in [-0.2, -0.15) is 0 Å². The van der Waals surface area contributed by atoms with E-state index in [-0.39, 0.29) is 29.6 Å². The standard InChI is InChI=1S/C23H34FN3O3/c1-5-26(6-2)23(30)21(25-20(28)14-16(3)4)17-10-12-27(13-11-17)22(29)18-8-7-9-19(24)15-18/h7-9,15-17,21H,5-6,10-14H2,1-4H3,(H,25,28). The van der Waals surface area contributed by atoms with Crippen LogP contribution < -0.4 is 5.32 Å². The summed E-state index contributed by atoms with van der Waals surface area (Å²) in [5.74, 6) is -0.650. The van der Waals surface area contributed by atoms with Gasteiger partial charge in [0.15, 0.2) is 0 Å². The average molecular weight is 420 g/mol. The van der Waals surface area contributed by atoms with E-state index in [2.05, 4.69) is 5.32 Å². The Bertz CT molecular complexity index is 741. The van der Waals surface area contributed by atoms with Gasteiger partial charge in [-0.3, -0.25) is 14.4 Å². The highest BCUT2D eigenvalue weighted by Gasteiger charge is 2.35. The zero-order chi connectivity index (χ0) is 22.3. The maximum Gasteiger partial charge on any atom is 0.253 e. The van der Waals surface area contributed by atoms with Crippen molar-refractivity contribution in [2.45, 2.75) is 53.0 Å². The third-order valence-electron chi connectivity index (χ3n) is 5.62. The molecular formula is C23H34FN3O3. The molecule has 1 aromatic rings. The van der Waals surface area contributed by atoms with Gasteiger partial charge in [0.25, 0.3) is 5.91 Å². The van der Waals surface area contributed by atoms with E-state index in [0.717, 1.165) is 0 Å². The molecule has 2 rings (SSSR count). The molecule has 1 aromatic carbocycles. The number of hydrogen-bond acceptors (Lipinski definition) is 3. The summed E-state index contributed by atoms with van der Waals surface area (Å²) >= 11 is 0. The molecule has 1 atom stereocenters. The van der Waals surface area contributed by atoms with Gasteiger partial charge in [-0.1, -0.05) is 19.9 Å². The Morgan fingerprint density at radius 1 is 1.17 bits per heavy atom. The number of carbonyl (C=O) groups is 3. The molecule has 1 aliphatic rings. The highest BCUT2D eigenvalue weighted by Crippen LogP contribution is 2.24. The van der Waals surface area contributed by atoms with Crippen molar-refractivity contribution in [1.29, 1.82) is 0 Å². The van der Waals surface area contributed by atoms with Crippen LogP contribution in [0.3, 0.4) is 0 Å². The Hall–Kier alpha value is -2.44. The molecule has 0 aromatic heterocycles. The Kier molecular flexibility index (Phi) is 8.81. The van der Waals surface area contributed by atoms with E-state index in [0.29, 0.717) is 51.0 Å². The molecule has 3 amide bonds. The first-order chi connectivity index (χ1) is 14.3. The number of likely N-dealkylation sites (tertiary alicyclic amines) is 1. The second-order valence-corrected chi connectivity index (χ2v) is 8.29.